The Morgan fingerprint density at radius 3 is 2.33 bits per heavy atom. The molecular weight excluding hydrogens is 168 g/mol. The minimum atomic E-state index is -1.64. The SMILES string of the molecule is CCCCC(=O)O[Si](C)(C)CC. The summed E-state index contributed by atoms with van der Waals surface area (Å²) in [6.45, 7) is 8.32. The maximum Gasteiger partial charge on any atom is 0.292 e. The van der Waals surface area contributed by atoms with Gasteiger partial charge in [0.2, 0.25) is 8.32 Å². The van der Waals surface area contributed by atoms with E-state index in [1.165, 1.54) is 0 Å². The average molecular weight is 188 g/mol. The first-order valence-corrected chi connectivity index (χ1v) is 7.85. The van der Waals surface area contributed by atoms with Gasteiger partial charge >= 0.3 is 0 Å². The summed E-state index contributed by atoms with van der Waals surface area (Å²) in [6.07, 6.45) is 2.60. The molecule has 0 aliphatic heterocycles. The number of carbonyl (C=O) groups is 1. The summed E-state index contributed by atoms with van der Waals surface area (Å²) >= 11 is 0. The van der Waals surface area contributed by atoms with Gasteiger partial charge in [-0.3, -0.25) is 4.79 Å². The van der Waals surface area contributed by atoms with Crippen molar-refractivity contribution in [1.29, 1.82) is 0 Å². The van der Waals surface area contributed by atoms with Crippen LogP contribution in [0.25, 0.3) is 0 Å². The van der Waals surface area contributed by atoms with Crippen LogP contribution in [0.3, 0.4) is 0 Å². The first-order chi connectivity index (χ1) is 5.52. The van der Waals surface area contributed by atoms with Gasteiger partial charge in [-0.25, -0.2) is 0 Å². The minimum Gasteiger partial charge on any atom is -0.520 e. The average Bonchev–Trinajstić information content (AvgIpc) is 2.00. The molecular formula is C9H20O2Si. The second-order valence-corrected chi connectivity index (χ2v) is 8.12. The van der Waals surface area contributed by atoms with Crippen molar-refractivity contribution in [2.45, 2.75) is 52.2 Å². The van der Waals surface area contributed by atoms with Crippen molar-refractivity contribution < 1.29 is 9.22 Å². The van der Waals surface area contributed by atoms with E-state index in [1.54, 1.807) is 0 Å². The normalized spacial score (nSPS) is 11.3. The largest absolute Gasteiger partial charge is 0.520 e. The van der Waals surface area contributed by atoms with E-state index >= 15 is 0 Å². The number of rotatable bonds is 5. The molecule has 0 aromatic carbocycles. The van der Waals surface area contributed by atoms with Crippen molar-refractivity contribution in [2.24, 2.45) is 0 Å². The van der Waals surface area contributed by atoms with Crippen LogP contribution in [0.2, 0.25) is 19.1 Å². The molecule has 0 aliphatic rings. The summed E-state index contributed by atoms with van der Waals surface area (Å²) in [5.41, 5.74) is 0. The van der Waals surface area contributed by atoms with Crippen LogP contribution in [0, 0.1) is 0 Å². The van der Waals surface area contributed by atoms with Gasteiger partial charge in [0.25, 0.3) is 5.97 Å². The van der Waals surface area contributed by atoms with Crippen LogP contribution >= 0.6 is 0 Å². The van der Waals surface area contributed by atoms with E-state index in [2.05, 4.69) is 26.9 Å². The van der Waals surface area contributed by atoms with E-state index in [1.807, 2.05) is 0 Å². The summed E-state index contributed by atoms with van der Waals surface area (Å²) in [5.74, 6) is -0.00429. The molecule has 2 nitrogen and oxygen atoms in total. The number of hydrogen-bond donors (Lipinski definition) is 0. The topological polar surface area (TPSA) is 26.3 Å². The number of carbonyl (C=O) groups excluding carboxylic acids is 1. The summed E-state index contributed by atoms with van der Waals surface area (Å²) < 4.78 is 5.39. The molecule has 0 aromatic heterocycles. The third-order valence-corrected chi connectivity index (χ3v) is 4.46. The van der Waals surface area contributed by atoms with Gasteiger partial charge in [0, 0.05) is 6.42 Å². The van der Waals surface area contributed by atoms with Crippen molar-refractivity contribution in [2.75, 3.05) is 0 Å². The minimum absolute atomic E-state index is 0.00429. The molecule has 0 spiro atoms. The zero-order valence-corrected chi connectivity index (χ0v) is 9.64. The Kier molecular flexibility index (Phi) is 5.21. The highest BCUT2D eigenvalue weighted by Gasteiger charge is 2.23. The summed E-state index contributed by atoms with van der Waals surface area (Å²) in [5, 5.41) is 0. The molecule has 0 saturated heterocycles. The molecule has 12 heavy (non-hydrogen) atoms. The van der Waals surface area contributed by atoms with Crippen molar-refractivity contribution in [3.05, 3.63) is 0 Å². The van der Waals surface area contributed by atoms with Crippen LogP contribution in [0.5, 0.6) is 0 Å². The first-order valence-electron chi connectivity index (χ1n) is 4.73. The monoisotopic (exact) mass is 188 g/mol. The maximum atomic E-state index is 11.2. The Hall–Kier alpha value is -0.313. The molecule has 0 saturated carbocycles. The van der Waals surface area contributed by atoms with Crippen molar-refractivity contribution in [3.8, 4) is 0 Å². The lowest BCUT2D eigenvalue weighted by Crippen LogP contribution is -2.32. The van der Waals surface area contributed by atoms with Gasteiger partial charge in [-0.05, 0) is 25.6 Å². The van der Waals surface area contributed by atoms with Crippen LogP contribution in [0.15, 0.2) is 0 Å². The van der Waals surface area contributed by atoms with E-state index in [4.69, 9.17) is 4.43 Å². The fraction of sp³-hybridized carbons (Fsp3) is 0.889. The highest BCUT2D eigenvalue weighted by Crippen LogP contribution is 2.11. The Balaban J connectivity index is 3.68. The molecule has 72 valence electrons. The Morgan fingerprint density at radius 2 is 1.92 bits per heavy atom. The Bertz CT molecular complexity index is 143. The molecule has 0 fully saturated rings. The zero-order chi connectivity index (χ0) is 9.61. The van der Waals surface area contributed by atoms with E-state index in [0.29, 0.717) is 6.42 Å². The van der Waals surface area contributed by atoms with E-state index in [0.717, 1.165) is 18.9 Å². The molecule has 0 atom stereocenters. The van der Waals surface area contributed by atoms with Gasteiger partial charge in [-0.15, -0.1) is 0 Å². The molecule has 0 amide bonds. The molecule has 0 N–H and O–H groups in total. The van der Waals surface area contributed by atoms with E-state index < -0.39 is 8.32 Å². The summed E-state index contributed by atoms with van der Waals surface area (Å²) in [4.78, 5) is 11.2. The lowest BCUT2D eigenvalue weighted by Gasteiger charge is -2.20. The van der Waals surface area contributed by atoms with Crippen LogP contribution in [0.4, 0.5) is 0 Å². The Labute approximate surface area is 76.4 Å². The van der Waals surface area contributed by atoms with Crippen LogP contribution < -0.4 is 0 Å². The van der Waals surface area contributed by atoms with Gasteiger partial charge in [-0.1, -0.05) is 20.3 Å². The van der Waals surface area contributed by atoms with Crippen LogP contribution in [-0.2, 0) is 9.22 Å². The number of unbranched alkanes of at least 4 members (excludes halogenated alkanes) is 1. The number of hydrogen-bond acceptors (Lipinski definition) is 2. The molecule has 0 unspecified atom stereocenters. The van der Waals surface area contributed by atoms with Crippen molar-refractivity contribution >= 4 is 14.3 Å². The molecule has 3 heteroatoms. The van der Waals surface area contributed by atoms with Crippen LogP contribution in [-0.4, -0.2) is 14.3 Å². The highest BCUT2D eigenvalue weighted by molar-refractivity contribution is 6.72. The fourth-order valence-electron chi connectivity index (χ4n) is 0.752. The smallest absolute Gasteiger partial charge is 0.292 e. The van der Waals surface area contributed by atoms with Crippen molar-refractivity contribution in [1.82, 2.24) is 0 Å². The van der Waals surface area contributed by atoms with Gasteiger partial charge in [0.15, 0.2) is 0 Å². The third kappa shape index (κ3) is 5.35. The van der Waals surface area contributed by atoms with Crippen LogP contribution in [0.1, 0.15) is 33.1 Å². The van der Waals surface area contributed by atoms with Crippen molar-refractivity contribution in [3.63, 3.8) is 0 Å². The third-order valence-electron chi connectivity index (χ3n) is 1.98. The predicted octanol–water partition coefficient (Wildman–Crippen LogP) is 2.94. The summed E-state index contributed by atoms with van der Waals surface area (Å²) in [7, 11) is -1.64. The highest BCUT2D eigenvalue weighted by atomic mass is 28.4. The lowest BCUT2D eigenvalue weighted by atomic mass is 10.3. The van der Waals surface area contributed by atoms with Gasteiger partial charge in [0.1, 0.15) is 0 Å². The van der Waals surface area contributed by atoms with Gasteiger partial charge < -0.3 is 4.43 Å². The maximum absolute atomic E-state index is 11.2. The molecule has 0 aliphatic carbocycles. The zero-order valence-electron chi connectivity index (χ0n) is 8.64. The molecule has 0 heterocycles. The quantitative estimate of drug-likeness (QED) is 0.620. The Morgan fingerprint density at radius 1 is 1.33 bits per heavy atom. The summed E-state index contributed by atoms with van der Waals surface area (Å²) in [6, 6.07) is 1.00. The molecule has 0 bridgehead atoms. The second-order valence-electron chi connectivity index (χ2n) is 3.69. The fourth-order valence-corrected chi connectivity index (χ4v) is 1.62. The lowest BCUT2D eigenvalue weighted by molar-refractivity contribution is -0.135. The van der Waals surface area contributed by atoms with Gasteiger partial charge in [0.05, 0.1) is 0 Å². The first kappa shape index (κ1) is 11.7. The molecule has 0 aromatic rings. The van der Waals surface area contributed by atoms with E-state index in [9.17, 15) is 4.79 Å². The van der Waals surface area contributed by atoms with E-state index in [-0.39, 0.29) is 5.97 Å². The van der Waals surface area contributed by atoms with Gasteiger partial charge in [-0.2, -0.15) is 0 Å². The standard InChI is InChI=1S/C9H20O2Si/c1-5-7-8-9(10)11-12(3,4)6-2/h5-8H2,1-4H3. The molecule has 0 radical (unpaired) electrons. The second kappa shape index (κ2) is 5.35. The predicted molar refractivity (Wildman–Crippen MR) is 53.6 cm³/mol. The molecule has 0 rings (SSSR count).